The molecule has 156 valence electrons. The van der Waals surface area contributed by atoms with Crippen LogP contribution in [0.25, 0.3) is 0 Å². The maximum atomic E-state index is 7.11. The summed E-state index contributed by atoms with van der Waals surface area (Å²) in [4.78, 5) is 0. The predicted molar refractivity (Wildman–Crippen MR) is 125 cm³/mol. The maximum Gasteiger partial charge on any atom is 0.132 e. The highest BCUT2D eigenvalue weighted by Crippen LogP contribution is 2.42. The van der Waals surface area contributed by atoms with Crippen LogP contribution in [0.3, 0.4) is 0 Å². The Morgan fingerprint density at radius 1 is 0.581 bits per heavy atom. The van der Waals surface area contributed by atoms with Crippen LogP contribution in [0.2, 0.25) is 0 Å². The fraction of sp³-hybridized carbons (Fsp3) is 0.111. The summed E-state index contributed by atoms with van der Waals surface area (Å²) in [5, 5.41) is 0. The van der Waals surface area contributed by atoms with Gasteiger partial charge in [-0.15, -0.1) is 0 Å². The van der Waals surface area contributed by atoms with Gasteiger partial charge in [-0.25, -0.2) is 0 Å². The van der Waals surface area contributed by atoms with Crippen LogP contribution in [0, 0.1) is 0 Å². The molecular weight excluding hydrogens is 384 g/mol. The van der Waals surface area contributed by atoms with E-state index in [-0.39, 0.29) is 0 Å². The van der Waals surface area contributed by atoms with Crippen LogP contribution < -0.4 is 20.9 Å². The molecule has 0 saturated carbocycles. The van der Waals surface area contributed by atoms with E-state index in [0.29, 0.717) is 11.5 Å². The first kappa shape index (κ1) is 20.7. The number of hydrogen-bond acceptors (Lipinski definition) is 4. The van der Waals surface area contributed by atoms with E-state index in [4.69, 9.17) is 20.9 Å². The zero-order chi connectivity index (χ0) is 21.7. The average Bonchev–Trinajstić information content (AvgIpc) is 2.80. The van der Waals surface area contributed by atoms with Crippen molar-refractivity contribution in [2.45, 2.75) is 18.5 Å². The first-order chi connectivity index (χ1) is 15.1. The molecule has 0 spiro atoms. The normalized spacial score (nSPS) is 12.2. The predicted octanol–water partition coefficient (Wildman–Crippen LogP) is 5.82. The Kier molecular flexibility index (Phi) is 6.03. The van der Waals surface area contributed by atoms with Crippen LogP contribution in [0.15, 0.2) is 109 Å². The van der Waals surface area contributed by atoms with Gasteiger partial charge in [0, 0.05) is 17.2 Å². The molecule has 4 N–H and O–H groups in total. The number of nitrogens with two attached hydrogens (primary N) is 2. The van der Waals surface area contributed by atoms with Gasteiger partial charge < -0.3 is 20.9 Å². The zero-order valence-corrected chi connectivity index (χ0v) is 17.4. The zero-order valence-electron chi connectivity index (χ0n) is 17.4. The minimum Gasteiger partial charge on any atom is -0.457 e. The van der Waals surface area contributed by atoms with Crippen LogP contribution in [-0.2, 0) is 5.54 Å². The molecule has 4 rings (SSSR count). The number of ether oxygens (including phenoxy) is 2. The van der Waals surface area contributed by atoms with E-state index < -0.39 is 11.6 Å². The summed E-state index contributed by atoms with van der Waals surface area (Å²) in [5.41, 5.74) is 14.2. The van der Waals surface area contributed by atoms with Gasteiger partial charge in [0.1, 0.15) is 23.0 Å². The van der Waals surface area contributed by atoms with Crippen molar-refractivity contribution in [1.29, 1.82) is 0 Å². The van der Waals surface area contributed by atoms with Crippen molar-refractivity contribution in [2.75, 3.05) is 0 Å². The van der Waals surface area contributed by atoms with Crippen LogP contribution in [0.4, 0.5) is 0 Å². The summed E-state index contributed by atoms with van der Waals surface area (Å²) in [6, 6.07) is 34.3. The SMILES string of the molecule is CC(N)C(N)(c1ccccc1Oc1ccccc1)c1ccccc1Oc1ccccc1. The molecule has 0 aliphatic rings. The van der Waals surface area contributed by atoms with Crippen molar-refractivity contribution >= 4 is 0 Å². The lowest BCUT2D eigenvalue weighted by molar-refractivity contribution is 0.391. The lowest BCUT2D eigenvalue weighted by Gasteiger charge is -2.36. The fourth-order valence-corrected chi connectivity index (χ4v) is 3.66. The van der Waals surface area contributed by atoms with Crippen molar-refractivity contribution < 1.29 is 9.47 Å². The maximum absolute atomic E-state index is 7.11. The number of para-hydroxylation sites is 4. The summed E-state index contributed by atoms with van der Waals surface area (Å²) < 4.78 is 12.4. The highest BCUT2D eigenvalue weighted by molar-refractivity contribution is 5.54. The van der Waals surface area contributed by atoms with Gasteiger partial charge in [0.2, 0.25) is 0 Å². The smallest absolute Gasteiger partial charge is 0.132 e. The molecule has 0 amide bonds. The van der Waals surface area contributed by atoms with E-state index in [2.05, 4.69) is 0 Å². The topological polar surface area (TPSA) is 70.5 Å². The molecular formula is C27H26N2O2. The first-order valence-corrected chi connectivity index (χ1v) is 10.3. The van der Waals surface area contributed by atoms with Gasteiger partial charge in [-0.2, -0.15) is 0 Å². The molecule has 4 heteroatoms. The molecule has 0 aromatic heterocycles. The summed E-state index contributed by atoms with van der Waals surface area (Å²) in [6.45, 7) is 1.90. The van der Waals surface area contributed by atoms with Crippen LogP contribution >= 0.6 is 0 Å². The van der Waals surface area contributed by atoms with E-state index in [1.165, 1.54) is 0 Å². The summed E-state index contributed by atoms with van der Waals surface area (Å²) >= 11 is 0. The molecule has 1 atom stereocenters. The summed E-state index contributed by atoms with van der Waals surface area (Å²) in [6.07, 6.45) is 0. The highest BCUT2D eigenvalue weighted by Gasteiger charge is 2.39. The van der Waals surface area contributed by atoms with E-state index >= 15 is 0 Å². The minimum atomic E-state index is -1.04. The third kappa shape index (κ3) is 4.31. The molecule has 0 aliphatic heterocycles. The number of rotatable bonds is 7. The highest BCUT2D eigenvalue weighted by atomic mass is 16.5. The van der Waals surface area contributed by atoms with Gasteiger partial charge in [0.15, 0.2) is 0 Å². The van der Waals surface area contributed by atoms with E-state index in [9.17, 15) is 0 Å². The Hall–Kier alpha value is -3.60. The second kappa shape index (κ2) is 9.04. The molecule has 4 nitrogen and oxygen atoms in total. The molecule has 0 aliphatic carbocycles. The molecule has 0 radical (unpaired) electrons. The quantitative estimate of drug-likeness (QED) is 0.403. The molecule has 4 aromatic rings. The van der Waals surface area contributed by atoms with Crippen molar-refractivity contribution in [3.05, 3.63) is 120 Å². The summed E-state index contributed by atoms with van der Waals surface area (Å²) in [5.74, 6) is 2.78. The molecule has 0 saturated heterocycles. The molecule has 0 bridgehead atoms. The first-order valence-electron chi connectivity index (χ1n) is 10.3. The average molecular weight is 411 g/mol. The van der Waals surface area contributed by atoms with E-state index in [1.807, 2.05) is 116 Å². The number of hydrogen-bond donors (Lipinski definition) is 2. The Balaban J connectivity index is 1.81. The van der Waals surface area contributed by atoms with Gasteiger partial charge in [0.25, 0.3) is 0 Å². The molecule has 4 aromatic carbocycles. The summed E-state index contributed by atoms with van der Waals surface area (Å²) in [7, 11) is 0. The van der Waals surface area contributed by atoms with Crippen LogP contribution in [-0.4, -0.2) is 6.04 Å². The molecule has 0 fully saturated rings. The molecule has 31 heavy (non-hydrogen) atoms. The van der Waals surface area contributed by atoms with Gasteiger partial charge in [-0.05, 0) is 43.3 Å². The standard InChI is InChI=1S/C27H26N2O2/c1-20(28)27(29,23-16-8-10-18-25(23)30-21-12-4-2-5-13-21)24-17-9-11-19-26(24)31-22-14-6-3-7-15-22/h2-20H,28-29H2,1H3. The monoisotopic (exact) mass is 410 g/mol. The third-order valence-corrected chi connectivity index (χ3v) is 5.33. The second-order valence-electron chi connectivity index (χ2n) is 7.48. The van der Waals surface area contributed by atoms with Crippen molar-refractivity contribution in [3.8, 4) is 23.0 Å². The Bertz CT molecular complexity index is 1040. The van der Waals surface area contributed by atoms with E-state index in [0.717, 1.165) is 22.6 Å². The van der Waals surface area contributed by atoms with Crippen LogP contribution in [0.5, 0.6) is 23.0 Å². The molecule has 1 unspecified atom stereocenters. The number of benzene rings is 4. The fourth-order valence-electron chi connectivity index (χ4n) is 3.66. The lowest BCUT2D eigenvalue weighted by atomic mass is 9.77. The second-order valence-corrected chi connectivity index (χ2v) is 7.48. The van der Waals surface area contributed by atoms with Gasteiger partial charge in [0.05, 0.1) is 5.54 Å². The Labute approximate surface area is 183 Å². The lowest BCUT2D eigenvalue weighted by Crippen LogP contribution is -2.52. The Morgan fingerprint density at radius 3 is 1.32 bits per heavy atom. The third-order valence-electron chi connectivity index (χ3n) is 5.33. The van der Waals surface area contributed by atoms with Gasteiger partial charge in [-0.1, -0.05) is 72.8 Å². The minimum absolute atomic E-state index is 0.423. The van der Waals surface area contributed by atoms with Crippen molar-refractivity contribution in [1.82, 2.24) is 0 Å². The van der Waals surface area contributed by atoms with E-state index in [1.54, 1.807) is 0 Å². The van der Waals surface area contributed by atoms with Crippen molar-refractivity contribution in [3.63, 3.8) is 0 Å². The van der Waals surface area contributed by atoms with Crippen LogP contribution in [0.1, 0.15) is 18.1 Å². The van der Waals surface area contributed by atoms with Crippen molar-refractivity contribution in [2.24, 2.45) is 11.5 Å². The van der Waals surface area contributed by atoms with Gasteiger partial charge >= 0.3 is 0 Å². The van der Waals surface area contributed by atoms with Gasteiger partial charge in [-0.3, -0.25) is 0 Å². The molecule has 0 heterocycles. The largest absolute Gasteiger partial charge is 0.457 e. The Morgan fingerprint density at radius 2 is 0.935 bits per heavy atom.